The van der Waals surface area contributed by atoms with Crippen molar-refractivity contribution in [3.63, 3.8) is 0 Å². The van der Waals surface area contributed by atoms with E-state index in [1.807, 2.05) is 0 Å². The minimum absolute atomic E-state index is 0.104. The number of nitrogens with one attached hydrogen (secondary N) is 3. The van der Waals surface area contributed by atoms with Crippen molar-refractivity contribution >= 4 is 29.4 Å². The standard InChI is InChI=1S/C20H29N3O6/c1-4-5-6-7-8-9-12-29-17-11-10-15(21-19(26)20(27)28-3)13-16(17)18(25)23-22-14(2)24/h10-11,13H,4-9,12H2,1-3H3,(H,21,26)(H,22,24)(H,23,25). The second kappa shape index (κ2) is 13.1. The number of amides is 3. The van der Waals surface area contributed by atoms with Gasteiger partial charge in [-0.3, -0.25) is 25.2 Å². The highest BCUT2D eigenvalue weighted by Crippen LogP contribution is 2.23. The number of hydrogen-bond donors (Lipinski definition) is 3. The van der Waals surface area contributed by atoms with E-state index in [0.29, 0.717) is 12.4 Å². The Bertz CT molecular complexity index is 720. The molecule has 0 bridgehead atoms. The molecule has 1 aromatic carbocycles. The van der Waals surface area contributed by atoms with Gasteiger partial charge >= 0.3 is 11.9 Å². The van der Waals surface area contributed by atoms with Gasteiger partial charge in [0, 0.05) is 12.6 Å². The first kappa shape index (κ1) is 23.9. The lowest BCUT2D eigenvalue weighted by molar-refractivity contribution is -0.150. The zero-order valence-corrected chi connectivity index (χ0v) is 17.1. The monoisotopic (exact) mass is 407 g/mol. The summed E-state index contributed by atoms with van der Waals surface area (Å²) in [6.45, 7) is 3.84. The van der Waals surface area contributed by atoms with E-state index >= 15 is 0 Å². The van der Waals surface area contributed by atoms with E-state index in [4.69, 9.17) is 4.74 Å². The van der Waals surface area contributed by atoms with Gasteiger partial charge in [0.15, 0.2) is 0 Å². The highest BCUT2D eigenvalue weighted by molar-refractivity contribution is 6.37. The molecule has 3 N–H and O–H groups in total. The predicted molar refractivity (Wildman–Crippen MR) is 107 cm³/mol. The number of hydrazine groups is 1. The van der Waals surface area contributed by atoms with Crippen LogP contribution in [-0.2, 0) is 19.1 Å². The maximum Gasteiger partial charge on any atom is 0.396 e. The van der Waals surface area contributed by atoms with Crippen molar-refractivity contribution in [2.75, 3.05) is 19.0 Å². The van der Waals surface area contributed by atoms with Crippen molar-refractivity contribution in [1.29, 1.82) is 0 Å². The number of esters is 1. The van der Waals surface area contributed by atoms with Crippen LogP contribution in [0, 0.1) is 0 Å². The number of rotatable bonds is 10. The van der Waals surface area contributed by atoms with Gasteiger partial charge in [0.2, 0.25) is 5.91 Å². The van der Waals surface area contributed by atoms with Crippen LogP contribution in [0.4, 0.5) is 5.69 Å². The zero-order valence-electron chi connectivity index (χ0n) is 17.1. The highest BCUT2D eigenvalue weighted by Gasteiger charge is 2.18. The molecule has 0 saturated carbocycles. The molecule has 0 aliphatic heterocycles. The van der Waals surface area contributed by atoms with Gasteiger partial charge in [-0.1, -0.05) is 39.0 Å². The minimum Gasteiger partial charge on any atom is -0.493 e. The number of anilines is 1. The topological polar surface area (TPSA) is 123 Å². The molecule has 0 saturated heterocycles. The molecule has 1 aromatic rings. The van der Waals surface area contributed by atoms with Gasteiger partial charge in [-0.25, -0.2) is 4.79 Å². The maximum atomic E-state index is 12.4. The van der Waals surface area contributed by atoms with Crippen LogP contribution in [0.15, 0.2) is 18.2 Å². The van der Waals surface area contributed by atoms with Gasteiger partial charge in [-0.2, -0.15) is 0 Å². The third-order valence-corrected chi connectivity index (χ3v) is 3.96. The maximum absolute atomic E-state index is 12.4. The number of hydrogen-bond acceptors (Lipinski definition) is 6. The average molecular weight is 407 g/mol. The molecular formula is C20H29N3O6. The molecule has 0 spiro atoms. The highest BCUT2D eigenvalue weighted by atomic mass is 16.5. The first-order valence-corrected chi connectivity index (χ1v) is 9.62. The zero-order chi connectivity index (χ0) is 21.6. The van der Waals surface area contributed by atoms with Crippen LogP contribution in [0.1, 0.15) is 62.7 Å². The summed E-state index contributed by atoms with van der Waals surface area (Å²) in [5.74, 6) is -2.79. The van der Waals surface area contributed by atoms with Crippen LogP contribution in [0.5, 0.6) is 5.75 Å². The van der Waals surface area contributed by atoms with E-state index in [1.165, 1.54) is 44.4 Å². The third kappa shape index (κ3) is 9.09. The summed E-state index contributed by atoms with van der Waals surface area (Å²) in [5, 5.41) is 2.34. The van der Waals surface area contributed by atoms with E-state index < -0.39 is 23.7 Å². The molecule has 9 nitrogen and oxygen atoms in total. The molecule has 0 aliphatic carbocycles. The summed E-state index contributed by atoms with van der Waals surface area (Å²) in [7, 11) is 1.09. The molecule has 160 valence electrons. The van der Waals surface area contributed by atoms with E-state index in [0.717, 1.165) is 26.4 Å². The molecule has 0 atom stereocenters. The fraction of sp³-hybridized carbons (Fsp3) is 0.500. The second-order valence-corrected chi connectivity index (χ2v) is 6.41. The van der Waals surface area contributed by atoms with E-state index in [-0.39, 0.29) is 11.3 Å². The molecule has 3 amide bonds. The summed E-state index contributed by atoms with van der Waals surface area (Å²) >= 11 is 0. The molecule has 29 heavy (non-hydrogen) atoms. The first-order chi connectivity index (χ1) is 13.9. The Balaban J connectivity index is 2.81. The fourth-order valence-electron chi connectivity index (χ4n) is 2.46. The molecule has 9 heteroatoms. The van der Waals surface area contributed by atoms with Gasteiger partial charge in [-0.05, 0) is 24.6 Å². The SMILES string of the molecule is CCCCCCCCOc1ccc(NC(=O)C(=O)OC)cc1C(=O)NNC(C)=O. The Morgan fingerprint density at radius 1 is 0.966 bits per heavy atom. The van der Waals surface area contributed by atoms with Crippen molar-refractivity contribution in [2.24, 2.45) is 0 Å². The number of carbonyl (C=O) groups is 4. The summed E-state index contributed by atoms with van der Waals surface area (Å²) in [4.78, 5) is 46.4. The molecule has 0 radical (unpaired) electrons. The molecule has 0 fully saturated rings. The van der Waals surface area contributed by atoms with Crippen molar-refractivity contribution in [2.45, 2.75) is 52.4 Å². The Labute approximate surface area is 170 Å². The lowest BCUT2D eigenvalue weighted by Gasteiger charge is -2.14. The van der Waals surface area contributed by atoms with Crippen LogP contribution in [0.2, 0.25) is 0 Å². The van der Waals surface area contributed by atoms with Crippen molar-refractivity contribution in [1.82, 2.24) is 10.9 Å². The van der Waals surface area contributed by atoms with Crippen LogP contribution in [-0.4, -0.2) is 37.4 Å². The normalized spacial score (nSPS) is 10.0. The number of unbranched alkanes of at least 4 members (excludes halogenated alkanes) is 5. The van der Waals surface area contributed by atoms with Gasteiger partial charge in [-0.15, -0.1) is 0 Å². The number of benzene rings is 1. The first-order valence-electron chi connectivity index (χ1n) is 9.62. The van der Waals surface area contributed by atoms with Crippen molar-refractivity contribution in [3.8, 4) is 5.75 Å². The van der Waals surface area contributed by atoms with E-state index in [1.54, 1.807) is 0 Å². The van der Waals surface area contributed by atoms with E-state index in [2.05, 4.69) is 27.8 Å². The molecule has 0 heterocycles. The lowest BCUT2D eigenvalue weighted by Crippen LogP contribution is -2.40. The molecule has 0 aromatic heterocycles. The molecular weight excluding hydrogens is 378 g/mol. The van der Waals surface area contributed by atoms with Gasteiger partial charge in [0.1, 0.15) is 5.75 Å². The van der Waals surface area contributed by atoms with E-state index in [9.17, 15) is 19.2 Å². The summed E-state index contributed by atoms with van der Waals surface area (Å²) < 4.78 is 10.1. The van der Waals surface area contributed by atoms with Gasteiger partial charge < -0.3 is 14.8 Å². The summed E-state index contributed by atoms with van der Waals surface area (Å²) in [5.41, 5.74) is 4.77. The van der Waals surface area contributed by atoms with Gasteiger partial charge in [0.25, 0.3) is 5.91 Å². The number of methoxy groups -OCH3 is 1. The van der Waals surface area contributed by atoms with Crippen LogP contribution in [0.3, 0.4) is 0 Å². The minimum atomic E-state index is -1.06. The number of carbonyl (C=O) groups excluding carboxylic acids is 4. The second-order valence-electron chi connectivity index (χ2n) is 6.41. The number of ether oxygens (including phenoxy) is 2. The van der Waals surface area contributed by atoms with Crippen LogP contribution in [0.25, 0.3) is 0 Å². The van der Waals surface area contributed by atoms with Crippen molar-refractivity contribution in [3.05, 3.63) is 23.8 Å². The largest absolute Gasteiger partial charge is 0.493 e. The predicted octanol–water partition coefficient (Wildman–Crippen LogP) is 2.32. The quantitative estimate of drug-likeness (QED) is 0.237. The Morgan fingerprint density at radius 2 is 1.66 bits per heavy atom. The fourth-order valence-corrected chi connectivity index (χ4v) is 2.46. The Morgan fingerprint density at radius 3 is 2.31 bits per heavy atom. The Hall–Kier alpha value is -3.10. The van der Waals surface area contributed by atoms with Crippen LogP contribution >= 0.6 is 0 Å². The average Bonchev–Trinajstić information content (AvgIpc) is 2.71. The smallest absolute Gasteiger partial charge is 0.396 e. The summed E-state index contributed by atoms with van der Waals surface area (Å²) in [6, 6.07) is 4.38. The Kier molecular flexibility index (Phi) is 10.8. The summed E-state index contributed by atoms with van der Waals surface area (Å²) in [6.07, 6.45) is 6.59. The molecule has 1 rings (SSSR count). The molecule has 0 unspecified atom stereocenters. The van der Waals surface area contributed by atoms with Crippen molar-refractivity contribution < 1.29 is 28.7 Å². The van der Waals surface area contributed by atoms with Crippen LogP contribution < -0.4 is 20.9 Å². The lowest BCUT2D eigenvalue weighted by atomic mass is 10.1. The molecule has 0 aliphatic rings. The third-order valence-electron chi connectivity index (χ3n) is 3.96. The van der Waals surface area contributed by atoms with Gasteiger partial charge in [0.05, 0.1) is 19.3 Å².